The molecule has 24 heavy (non-hydrogen) atoms. The Hall–Kier alpha value is -3.29. The molecule has 3 aromatic heterocycles. The highest BCUT2D eigenvalue weighted by Gasteiger charge is 2.13. The predicted molar refractivity (Wildman–Crippen MR) is 87.1 cm³/mol. The molecule has 3 aromatic rings. The van der Waals surface area contributed by atoms with E-state index in [0.717, 1.165) is 5.69 Å². The van der Waals surface area contributed by atoms with Crippen LogP contribution in [-0.2, 0) is 20.6 Å². The monoisotopic (exact) mass is 324 g/mol. The Morgan fingerprint density at radius 3 is 2.83 bits per heavy atom. The Balaban J connectivity index is 1.75. The summed E-state index contributed by atoms with van der Waals surface area (Å²) in [4.78, 5) is 32.4. The second-order valence-electron chi connectivity index (χ2n) is 5.26. The largest absolute Gasteiger partial charge is 0.346 e. The van der Waals surface area contributed by atoms with E-state index in [9.17, 15) is 9.59 Å². The topological polar surface area (TPSA) is 94.7 Å². The molecule has 0 saturated heterocycles. The van der Waals surface area contributed by atoms with E-state index in [4.69, 9.17) is 0 Å². The maximum atomic E-state index is 12.2. The van der Waals surface area contributed by atoms with Gasteiger partial charge >= 0.3 is 0 Å². The van der Waals surface area contributed by atoms with Crippen LogP contribution in [0.15, 0.2) is 47.8 Å². The molecule has 0 spiro atoms. The third kappa shape index (κ3) is 3.07. The summed E-state index contributed by atoms with van der Waals surface area (Å²) in [7, 11) is 3.39. The molecular formula is C16H16N6O2. The first kappa shape index (κ1) is 15.6. The first-order valence-electron chi connectivity index (χ1n) is 7.29. The summed E-state index contributed by atoms with van der Waals surface area (Å²) in [5, 5.41) is 7.10. The lowest BCUT2D eigenvalue weighted by atomic mass is 10.2. The zero-order valence-corrected chi connectivity index (χ0v) is 13.3. The molecule has 0 aliphatic heterocycles. The number of nitrogens with one attached hydrogen (secondary N) is 1. The fraction of sp³-hybridized carbons (Fsp3) is 0.188. The van der Waals surface area contributed by atoms with E-state index in [-0.39, 0.29) is 17.7 Å². The van der Waals surface area contributed by atoms with E-state index in [0.29, 0.717) is 11.4 Å². The molecule has 0 radical (unpaired) electrons. The molecule has 0 bridgehead atoms. The van der Waals surface area contributed by atoms with Crippen LogP contribution in [0.4, 0.5) is 0 Å². The van der Waals surface area contributed by atoms with Crippen LogP contribution in [0, 0.1) is 0 Å². The van der Waals surface area contributed by atoms with Crippen LogP contribution in [0.25, 0.3) is 11.4 Å². The second kappa shape index (κ2) is 6.45. The number of hydrogen-bond donors (Lipinski definition) is 1. The Morgan fingerprint density at radius 1 is 1.25 bits per heavy atom. The quantitative estimate of drug-likeness (QED) is 0.754. The van der Waals surface area contributed by atoms with Crippen LogP contribution in [0.5, 0.6) is 0 Å². The summed E-state index contributed by atoms with van der Waals surface area (Å²) < 4.78 is 3.03. The van der Waals surface area contributed by atoms with Crippen LogP contribution in [0.2, 0.25) is 0 Å². The average molecular weight is 324 g/mol. The fourth-order valence-corrected chi connectivity index (χ4v) is 2.26. The van der Waals surface area contributed by atoms with E-state index in [1.165, 1.54) is 10.6 Å². The van der Waals surface area contributed by atoms with Gasteiger partial charge in [-0.3, -0.25) is 24.2 Å². The third-order valence-corrected chi connectivity index (χ3v) is 3.60. The lowest BCUT2D eigenvalue weighted by Gasteiger charge is -2.06. The molecule has 0 atom stereocenters. The van der Waals surface area contributed by atoms with Gasteiger partial charge in [-0.1, -0.05) is 0 Å². The van der Waals surface area contributed by atoms with Crippen molar-refractivity contribution in [2.75, 3.05) is 0 Å². The fourth-order valence-electron chi connectivity index (χ4n) is 2.26. The molecule has 0 unspecified atom stereocenters. The SMILES string of the molecule is Cn1nc(-c2cnccn2)cc1CNC(=O)c1cccn(C)c1=O. The minimum Gasteiger partial charge on any atom is -0.346 e. The number of hydrogen-bond acceptors (Lipinski definition) is 5. The Bertz CT molecular complexity index is 929. The van der Waals surface area contributed by atoms with Gasteiger partial charge in [0.05, 0.1) is 18.4 Å². The Morgan fingerprint density at radius 2 is 2.08 bits per heavy atom. The summed E-state index contributed by atoms with van der Waals surface area (Å²) >= 11 is 0. The van der Waals surface area contributed by atoms with Gasteiger partial charge in [0.2, 0.25) is 0 Å². The number of pyridine rings is 1. The van der Waals surface area contributed by atoms with Crippen LogP contribution < -0.4 is 10.9 Å². The van der Waals surface area contributed by atoms with Crippen molar-refractivity contribution in [3.63, 3.8) is 0 Å². The molecule has 8 heteroatoms. The van der Waals surface area contributed by atoms with Gasteiger partial charge in [0, 0.05) is 32.7 Å². The smallest absolute Gasteiger partial charge is 0.263 e. The molecular weight excluding hydrogens is 308 g/mol. The number of rotatable bonds is 4. The van der Waals surface area contributed by atoms with Gasteiger partial charge in [-0.25, -0.2) is 0 Å². The minimum atomic E-state index is -0.418. The number of amides is 1. The highest BCUT2D eigenvalue weighted by molar-refractivity contribution is 5.93. The molecule has 8 nitrogen and oxygen atoms in total. The van der Waals surface area contributed by atoms with Crippen molar-refractivity contribution in [1.29, 1.82) is 0 Å². The molecule has 3 heterocycles. The standard InChI is InChI=1S/C16H16N6O2/c1-21-7-3-4-12(16(21)24)15(23)19-9-11-8-13(20-22(11)2)14-10-17-5-6-18-14/h3-8,10H,9H2,1-2H3,(H,19,23). The highest BCUT2D eigenvalue weighted by atomic mass is 16.2. The zero-order valence-electron chi connectivity index (χ0n) is 13.3. The molecule has 1 amide bonds. The summed E-state index contributed by atoms with van der Waals surface area (Å²) in [6.45, 7) is 0.251. The third-order valence-electron chi connectivity index (χ3n) is 3.60. The van der Waals surface area contributed by atoms with Gasteiger partial charge in [-0.2, -0.15) is 5.10 Å². The Kier molecular flexibility index (Phi) is 4.19. The molecule has 0 fully saturated rings. The van der Waals surface area contributed by atoms with E-state index in [2.05, 4.69) is 20.4 Å². The molecule has 0 aromatic carbocycles. The van der Waals surface area contributed by atoms with Crippen LogP contribution >= 0.6 is 0 Å². The number of aromatic nitrogens is 5. The van der Waals surface area contributed by atoms with Crippen molar-refractivity contribution < 1.29 is 4.79 Å². The van der Waals surface area contributed by atoms with Crippen molar-refractivity contribution in [3.8, 4) is 11.4 Å². The molecule has 122 valence electrons. The summed E-state index contributed by atoms with van der Waals surface area (Å²) in [6.07, 6.45) is 6.41. The number of carbonyl (C=O) groups excluding carboxylic acids is 1. The zero-order chi connectivity index (χ0) is 17.1. The van der Waals surface area contributed by atoms with E-state index < -0.39 is 5.91 Å². The summed E-state index contributed by atoms with van der Waals surface area (Å²) in [6, 6.07) is 4.99. The molecule has 0 aliphatic rings. The van der Waals surface area contributed by atoms with E-state index in [1.807, 2.05) is 6.07 Å². The first-order valence-corrected chi connectivity index (χ1v) is 7.29. The number of carbonyl (C=O) groups is 1. The van der Waals surface area contributed by atoms with Crippen molar-refractivity contribution in [2.24, 2.45) is 14.1 Å². The van der Waals surface area contributed by atoms with Gasteiger partial charge in [-0.05, 0) is 18.2 Å². The number of nitrogens with zero attached hydrogens (tertiary/aromatic N) is 5. The average Bonchev–Trinajstić information content (AvgIpc) is 2.97. The predicted octanol–water partition coefficient (Wildman–Crippen LogP) is 0.506. The normalized spacial score (nSPS) is 10.6. The second-order valence-corrected chi connectivity index (χ2v) is 5.26. The lowest BCUT2D eigenvalue weighted by molar-refractivity contribution is 0.0948. The molecule has 0 aliphatic carbocycles. The van der Waals surface area contributed by atoms with Crippen LogP contribution in [-0.4, -0.2) is 30.2 Å². The van der Waals surface area contributed by atoms with Crippen molar-refractivity contribution in [2.45, 2.75) is 6.54 Å². The van der Waals surface area contributed by atoms with E-state index in [1.54, 1.807) is 49.6 Å². The minimum absolute atomic E-state index is 0.108. The highest BCUT2D eigenvalue weighted by Crippen LogP contribution is 2.14. The maximum absolute atomic E-state index is 12.2. The number of aryl methyl sites for hydroxylation is 2. The maximum Gasteiger partial charge on any atom is 0.263 e. The van der Waals surface area contributed by atoms with Gasteiger partial charge in [0.25, 0.3) is 11.5 Å². The lowest BCUT2D eigenvalue weighted by Crippen LogP contribution is -2.31. The summed E-state index contributed by atoms with van der Waals surface area (Å²) in [5.74, 6) is -0.418. The first-order chi connectivity index (χ1) is 11.6. The van der Waals surface area contributed by atoms with Gasteiger partial charge in [0.15, 0.2) is 0 Å². The van der Waals surface area contributed by atoms with Gasteiger partial charge in [0.1, 0.15) is 17.0 Å². The summed E-state index contributed by atoms with van der Waals surface area (Å²) in [5.41, 5.74) is 1.89. The van der Waals surface area contributed by atoms with Gasteiger partial charge in [-0.15, -0.1) is 0 Å². The molecule has 3 rings (SSSR count). The van der Waals surface area contributed by atoms with Gasteiger partial charge < -0.3 is 9.88 Å². The van der Waals surface area contributed by atoms with Crippen molar-refractivity contribution >= 4 is 5.91 Å². The molecule has 1 N–H and O–H groups in total. The van der Waals surface area contributed by atoms with Crippen LogP contribution in [0.3, 0.4) is 0 Å². The van der Waals surface area contributed by atoms with Crippen LogP contribution in [0.1, 0.15) is 16.1 Å². The molecule has 0 saturated carbocycles. The van der Waals surface area contributed by atoms with E-state index >= 15 is 0 Å². The van der Waals surface area contributed by atoms with Crippen molar-refractivity contribution in [3.05, 3.63) is 64.6 Å². The van der Waals surface area contributed by atoms with Crippen molar-refractivity contribution in [1.82, 2.24) is 29.6 Å². The Labute approximate surface area is 137 Å².